The molecule has 152 valence electrons. The third-order valence-corrected chi connectivity index (χ3v) is 4.72. The van der Waals surface area contributed by atoms with E-state index in [1.807, 2.05) is 63.2 Å². The smallest absolute Gasteiger partial charge is 0.261 e. The standard InChI is InChI=1S/C22H25N3O4/c1-5-18(28-19-8-6-7-14(2)15(19)3)22(26)23-13-20-24-21(25-29-20)16-9-11-17(27-4)12-10-16/h6-12,18H,5,13H2,1-4H3,(H,23,26)/t18-/m1/s1. The predicted octanol–water partition coefficient (Wildman–Crippen LogP) is 3.84. The minimum atomic E-state index is -0.598. The van der Waals surface area contributed by atoms with Crippen molar-refractivity contribution in [1.29, 1.82) is 0 Å². The molecule has 7 heteroatoms. The van der Waals surface area contributed by atoms with Gasteiger partial charge in [0, 0.05) is 5.56 Å². The Balaban J connectivity index is 1.60. The van der Waals surface area contributed by atoms with Crippen molar-refractivity contribution in [2.75, 3.05) is 7.11 Å². The molecule has 0 aliphatic carbocycles. The maximum atomic E-state index is 12.6. The first-order chi connectivity index (χ1) is 14.0. The molecule has 1 aromatic heterocycles. The zero-order chi connectivity index (χ0) is 20.8. The van der Waals surface area contributed by atoms with E-state index in [9.17, 15) is 4.79 Å². The molecule has 0 bridgehead atoms. The number of carbonyl (C=O) groups excluding carboxylic acids is 1. The lowest BCUT2D eigenvalue weighted by Crippen LogP contribution is -2.37. The molecule has 3 aromatic rings. The molecule has 29 heavy (non-hydrogen) atoms. The van der Waals surface area contributed by atoms with Gasteiger partial charge in [-0.15, -0.1) is 0 Å². The van der Waals surface area contributed by atoms with Crippen LogP contribution < -0.4 is 14.8 Å². The van der Waals surface area contributed by atoms with Gasteiger partial charge in [-0.05, 0) is 61.7 Å². The van der Waals surface area contributed by atoms with Crippen LogP contribution in [0.3, 0.4) is 0 Å². The van der Waals surface area contributed by atoms with Crippen LogP contribution in [0.1, 0.15) is 30.4 Å². The van der Waals surface area contributed by atoms with E-state index in [0.717, 1.165) is 22.4 Å². The number of aromatic nitrogens is 2. The van der Waals surface area contributed by atoms with E-state index in [4.69, 9.17) is 14.0 Å². The van der Waals surface area contributed by atoms with E-state index < -0.39 is 6.10 Å². The molecule has 0 fully saturated rings. The minimum absolute atomic E-state index is 0.134. The Morgan fingerprint density at radius 2 is 1.93 bits per heavy atom. The van der Waals surface area contributed by atoms with Gasteiger partial charge in [0.1, 0.15) is 11.5 Å². The lowest BCUT2D eigenvalue weighted by atomic mass is 10.1. The highest BCUT2D eigenvalue weighted by Gasteiger charge is 2.20. The summed E-state index contributed by atoms with van der Waals surface area (Å²) >= 11 is 0. The number of benzene rings is 2. The average Bonchev–Trinajstić information content (AvgIpc) is 3.22. The first kappa shape index (κ1) is 20.4. The Bertz CT molecular complexity index is 966. The van der Waals surface area contributed by atoms with Gasteiger partial charge >= 0.3 is 0 Å². The summed E-state index contributed by atoms with van der Waals surface area (Å²) in [6.45, 7) is 6.03. The second kappa shape index (κ2) is 9.23. The first-order valence-electron chi connectivity index (χ1n) is 9.49. The summed E-state index contributed by atoms with van der Waals surface area (Å²) < 4.78 is 16.3. The molecule has 1 N–H and O–H groups in total. The van der Waals surface area contributed by atoms with E-state index in [1.54, 1.807) is 7.11 Å². The monoisotopic (exact) mass is 395 g/mol. The van der Waals surface area contributed by atoms with Crippen molar-refractivity contribution >= 4 is 5.91 Å². The van der Waals surface area contributed by atoms with Crippen LogP contribution in [0.2, 0.25) is 0 Å². The Kier molecular flexibility index (Phi) is 6.49. The molecular formula is C22H25N3O4. The second-order valence-electron chi connectivity index (χ2n) is 6.67. The van der Waals surface area contributed by atoms with Crippen LogP contribution in [-0.4, -0.2) is 29.3 Å². The lowest BCUT2D eigenvalue weighted by molar-refractivity contribution is -0.128. The number of rotatable bonds is 8. The van der Waals surface area contributed by atoms with Gasteiger partial charge < -0.3 is 19.3 Å². The van der Waals surface area contributed by atoms with E-state index in [2.05, 4.69) is 15.5 Å². The van der Waals surface area contributed by atoms with Crippen molar-refractivity contribution in [3.8, 4) is 22.9 Å². The van der Waals surface area contributed by atoms with E-state index in [0.29, 0.717) is 23.9 Å². The van der Waals surface area contributed by atoms with Crippen LogP contribution in [0, 0.1) is 13.8 Å². The van der Waals surface area contributed by atoms with Crippen LogP contribution in [-0.2, 0) is 11.3 Å². The summed E-state index contributed by atoms with van der Waals surface area (Å²) in [5.41, 5.74) is 2.95. The molecule has 1 amide bonds. The SMILES string of the molecule is CC[C@@H](Oc1cccc(C)c1C)C(=O)NCc1nc(-c2ccc(OC)cc2)no1. The van der Waals surface area contributed by atoms with Gasteiger partial charge in [-0.2, -0.15) is 4.98 Å². The predicted molar refractivity (Wildman–Crippen MR) is 109 cm³/mol. The van der Waals surface area contributed by atoms with Gasteiger partial charge in [0.05, 0.1) is 13.7 Å². The second-order valence-corrected chi connectivity index (χ2v) is 6.67. The van der Waals surface area contributed by atoms with Crippen LogP contribution in [0.5, 0.6) is 11.5 Å². The molecule has 3 rings (SSSR count). The number of ether oxygens (including phenoxy) is 2. The Hall–Kier alpha value is -3.35. The summed E-state index contributed by atoms with van der Waals surface area (Å²) in [6.07, 6.45) is -0.0559. The molecule has 1 atom stereocenters. The van der Waals surface area contributed by atoms with Gasteiger partial charge in [-0.3, -0.25) is 4.79 Å². The zero-order valence-electron chi connectivity index (χ0n) is 17.1. The normalized spacial score (nSPS) is 11.7. The number of hydrogen-bond donors (Lipinski definition) is 1. The Morgan fingerprint density at radius 3 is 2.62 bits per heavy atom. The molecule has 0 saturated heterocycles. The van der Waals surface area contributed by atoms with Crippen molar-refractivity contribution in [2.24, 2.45) is 0 Å². The zero-order valence-corrected chi connectivity index (χ0v) is 17.1. The topological polar surface area (TPSA) is 86.5 Å². The maximum Gasteiger partial charge on any atom is 0.261 e. The maximum absolute atomic E-state index is 12.6. The Labute approximate surface area is 170 Å². The summed E-state index contributed by atoms with van der Waals surface area (Å²) in [5, 5.41) is 6.77. The van der Waals surface area contributed by atoms with E-state index in [-0.39, 0.29) is 12.5 Å². The Morgan fingerprint density at radius 1 is 1.17 bits per heavy atom. The average molecular weight is 395 g/mol. The molecule has 0 aliphatic rings. The highest BCUT2D eigenvalue weighted by atomic mass is 16.5. The number of aryl methyl sites for hydroxylation is 1. The highest BCUT2D eigenvalue weighted by Crippen LogP contribution is 2.23. The van der Waals surface area contributed by atoms with Crippen molar-refractivity contribution in [3.63, 3.8) is 0 Å². The number of carbonyl (C=O) groups is 1. The summed E-state index contributed by atoms with van der Waals surface area (Å²) in [4.78, 5) is 16.9. The minimum Gasteiger partial charge on any atom is -0.497 e. The highest BCUT2D eigenvalue weighted by molar-refractivity contribution is 5.81. The number of methoxy groups -OCH3 is 1. The summed E-state index contributed by atoms with van der Waals surface area (Å²) in [7, 11) is 1.61. The van der Waals surface area contributed by atoms with E-state index in [1.165, 1.54) is 0 Å². The van der Waals surface area contributed by atoms with Crippen LogP contribution in [0.15, 0.2) is 47.0 Å². The van der Waals surface area contributed by atoms with Crippen molar-refractivity contribution in [1.82, 2.24) is 15.5 Å². The summed E-state index contributed by atoms with van der Waals surface area (Å²) in [6, 6.07) is 13.1. The molecule has 0 unspecified atom stereocenters. The molecule has 7 nitrogen and oxygen atoms in total. The summed E-state index contributed by atoms with van der Waals surface area (Å²) in [5.74, 6) is 2.02. The van der Waals surface area contributed by atoms with E-state index >= 15 is 0 Å². The fourth-order valence-corrected chi connectivity index (χ4v) is 2.79. The molecule has 1 heterocycles. The van der Waals surface area contributed by atoms with Crippen LogP contribution in [0.4, 0.5) is 0 Å². The number of amides is 1. The number of nitrogens with one attached hydrogen (secondary N) is 1. The fourth-order valence-electron chi connectivity index (χ4n) is 2.79. The largest absolute Gasteiger partial charge is 0.497 e. The van der Waals surface area contributed by atoms with Crippen LogP contribution >= 0.6 is 0 Å². The van der Waals surface area contributed by atoms with Gasteiger partial charge in [0.25, 0.3) is 5.91 Å². The number of nitrogens with zero attached hydrogens (tertiary/aromatic N) is 2. The van der Waals surface area contributed by atoms with Crippen molar-refractivity contribution < 1.29 is 18.8 Å². The van der Waals surface area contributed by atoms with Crippen molar-refractivity contribution in [3.05, 3.63) is 59.5 Å². The molecule has 2 aromatic carbocycles. The third-order valence-electron chi connectivity index (χ3n) is 4.72. The molecule has 0 radical (unpaired) electrons. The quantitative estimate of drug-likeness (QED) is 0.624. The van der Waals surface area contributed by atoms with Gasteiger partial charge in [0.15, 0.2) is 6.10 Å². The van der Waals surface area contributed by atoms with Gasteiger partial charge in [-0.1, -0.05) is 24.2 Å². The number of hydrogen-bond acceptors (Lipinski definition) is 6. The van der Waals surface area contributed by atoms with Gasteiger partial charge in [0.2, 0.25) is 11.7 Å². The lowest BCUT2D eigenvalue weighted by Gasteiger charge is -2.18. The molecular weight excluding hydrogens is 370 g/mol. The third kappa shape index (κ3) is 4.93. The van der Waals surface area contributed by atoms with Crippen molar-refractivity contribution in [2.45, 2.75) is 39.8 Å². The van der Waals surface area contributed by atoms with Crippen LogP contribution in [0.25, 0.3) is 11.4 Å². The molecule has 0 aliphatic heterocycles. The first-order valence-corrected chi connectivity index (χ1v) is 9.49. The molecule has 0 spiro atoms. The fraction of sp³-hybridized carbons (Fsp3) is 0.318. The molecule has 0 saturated carbocycles. The van der Waals surface area contributed by atoms with Gasteiger partial charge in [-0.25, -0.2) is 0 Å².